The predicted molar refractivity (Wildman–Crippen MR) is 94.0 cm³/mol. The van der Waals surface area contributed by atoms with Crippen molar-refractivity contribution < 1.29 is 4.74 Å². The molecule has 0 fully saturated rings. The van der Waals surface area contributed by atoms with E-state index < -0.39 is 10.9 Å². The number of hydrogen-bond donors (Lipinski definition) is 0. The van der Waals surface area contributed by atoms with Crippen molar-refractivity contribution in [2.45, 2.75) is 39.7 Å². The molecule has 0 atom stereocenters. The molecule has 0 amide bonds. The molecule has 0 aliphatic rings. The van der Waals surface area contributed by atoms with Crippen LogP contribution in [0.25, 0.3) is 11.6 Å². The lowest BCUT2D eigenvalue weighted by Gasteiger charge is -2.17. The lowest BCUT2D eigenvalue weighted by atomic mass is 9.94. The first-order valence-corrected chi connectivity index (χ1v) is 8.19. The van der Waals surface area contributed by atoms with Crippen molar-refractivity contribution in [3.8, 4) is 5.75 Å². The summed E-state index contributed by atoms with van der Waals surface area (Å²) in [6.07, 6.45) is 3.45. The maximum atomic E-state index is 12.0. The molecule has 0 aromatic heterocycles. The molecular formula is C18H19BrO3. The van der Waals surface area contributed by atoms with Crippen molar-refractivity contribution in [1.29, 1.82) is 0 Å². The molecule has 0 aliphatic heterocycles. The van der Waals surface area contributed by atoms with Crippen molar-refractivity contribution >= 4 is 27.6 Å². The third-order valence-electron chi connectivity index (χ3n) is 3.27. The number of hydrogen-bond acceptors (Lipinski definition) is 3. The van der Waals surface area contributed by atoms with Crippen LogP contribution in [0.1, 0.15) is 44.7 Å². The molecule has 0 saturated carbocycles. The van der Waals surface area contributed by atoms with Crippen molar-refractivity contribution in [3.63, 3.8) is 0 Å². The summed E-state index contributed by atoms with van der Waals surface area (Å²) < 4.78 is 6.53. The predicted octanol–water partition coefficient (Wildman–Crippen LogP) is 4.17. The summed E-state index contributed by atoms with van der Waals surface area (Å²) in [5.74, 6) is 0.219. The van der Waals surface area contributed by atoms with E-state index >= 15 is 0 Å². The zero-order chi connectivity index (χ0) is 16.3. The molecule has 0 heterocycles. The normalized spacial score (nSPS) is 12.1. The Kier molecular flexibility index (Phi) is 5.35. The number of benzene rings is 1. The van der Waals surface area contributed by atoms with E-state index in [-0.39, 0.29) is 11.9 Å². The summed E-state index contributed by atoms with van der Waals surface area (Å²) >= 11 is 3.40. The number of halogens is 1. The van der Waals surface area contributed by atoms with Crippen LogP contribution in [-0.2, 0) is 0 Å². The van der Waals surface area contributed by atoms with Gasteiger partial charge in [0.2, 0.25) is 5.43 Å². The second-order valence-corrected chi connectivity index (χ2v) is 6.42. The molecule has 0 N–H and O–H groups in total. The molecule has 0 spiro atoms. The molecule has 0 saturated heterocycles. The minimum Gasteiger partial charge on any atom is -0.486 e. The molecule has 2 aromatic rings. The minimum atomic E-state index is -0.512. The van der Waals surface area contributed by atoms with Gasteiger partial charge < -0.3 is 4.74 Å². The highest BCUT2D eigenvalue weighted by Crippen LogP contribution is 2.28. The molecular weight excluding hydrogens is 344 g/mol. The highest BCUT2D eigenvalue weighted by molar-refractivity contribution is 9.10. The standard InChI is InChI=1S/C18H19BrO3/c1-4-5-13(10-12-6-8-14(19)9-7-12)15-16(20)17(21)18(15)22-11(2)3/h6-11H,4-5H2,1-3H3/b13-10+. The van der Waals surface area contributed by atoms with E-state index in [1.54, 1.807) is 0 Å². The monoisotopic (exact) mass is 362 g/mol. The van der Waals surface area contributed by atoms with Gasteiger partial charge in [-0.05, 0) is 43.5 Å². The third kappa shape index (κ3) is 3.55. The van der Waals surface area contributed by atoms with Crippen LogP contribution in [0.2, 0.25) is 0 Å². The second kappa shape index (κ2) is 7.05. The van der Waals surface area contributed by atoms with E-state index in [0.717, 1.165) is 28.5 Å². The van der Waals surface area contributed by atoms with E-state index in [0.29, 0.717) is 5.56 Å². The number of rotatable bonds is 6. The molecule has 0 bridgehead atoms. The molecule has 2 aromatic carbocycles. The van der Waals surface area contributed by atoms with E-state index in [4.69, 9.17) is 4.74 Å². The molecule has 3 nitrogen and oxygen atoms in total. The lowest BCUT2D eigenvalue weighted by molar-refractivity contribution is 0.236. The highest BCUT2D eigenvalue weighted by atomic mass is 79.9. The van der Waals surface area contributed by atoms with Crippen molar-refractivity contribution in [2.75, 3.05) is 0 Å². The Hall–Kier alpha value is -1.68. The van der Waals surface area contributed by atoms with Crippen LogP contribution in [0.4, 0.5) is 0 Å². The van der Waals surface area contributed by atoms with Gasteiger partial charge in [0.1, 0.15) is 0 Å². The largest absolute Gasteiger partial charge is 0.486 e. The smallest absolute Gasteiger partial charge is 0.268 e. The van der Waals surface area contributed by atoms with Gasteiger partial charge in [0.25, 0.3) is 5.43 Å². The van der Waals surface area contributed by atoms with Gasteiger partial charge in [-0.1, -0.05) is 47.5 Å². The Morgan fingerprint density at radius 1 is 1.18 bits per heavy atom. The fraction of sp³-hybridized carbons (Fsp3) is 0.333. The summed E-state index contributed by atoms with van der Waals surface area (Å²) in [6, 6.07) is 7.83. The van der Waals surface area contributed by atoms with Gasteiger partial charge in [-0.15, -0.1) is 0 Å². The van der Waals surface area contributed by atoms with Gasteiger partial charge in [-0.25, -0.2) is 0 Å². The van der Waals surface area contributed by atoms with E-state index in [1.165, 1.54) is 0 Å². The molecule has 22 heavy (non-hydrogen) atoms. The van der Waals surface area contributed by atoms with Gasteiger partial charge in [-0.3, -0.25) is 9.59 Å². The van der Waals surface area contributed by atoms with E-state index in [9.17, 15) is 9.59 Å². The van der Waals surface area contributed by atoms with Crippen LogP contribution in [-0.4, -0.2) is 6.10 Å². The molecule has 2 rings (SSSR count). The van der Waals surface area contributed by atoms with Crippen molar-refractivity contribution in [3.05, 3.63) is 60.3 Å². The molecule has 0 unspecified atom stereocenters. The Morgan fingerprint density at radius 3 is 2.36 bits per heavy atom. The number of allylic oxidation sites excluding steroid dienone is 1. The van der Waals surface area contributed by atoms with Crippen LogP contribution in [0.15, 0.2) is 38.3 Å². The SMILES string of the molecule is CCC/C(=C\c1ccc(Br)cc1)c1c(OC(C)C)c(=O)c1=O. The highest BCUT2D eigenvalue weighted by Gasteiger charge is 2.25. The van der Waals surface area contributed by atoms with Crippen LogP contribution in [0.3, 0.4) is 0 Å². The maximum absolute atomic E-state index is 12.0. The number of ether oxygens (including phenoxy) is 1. The summed E-state index contributed by atoms with van der Waals surface area (Å²) in [4.78, 5) is 23.7. The first-order chi connectivity index (χ1) is 10.4. The zero-order valence-corrected chi connectivity index (χ0v) is 14.6. The summed E-state index contributed by atoms with van der Waals surface area (Å²) in [5.41, 5.74) is 1.36. The molecule has 0 radical (unpaired) electrons. The second-order valence-electron chi connectivity index (χ2n) is 5.50. The first-order valence-electron chi connectivity index (χ1n) is 7.40. The Morgan fingerprint density at radius 2 is 1.82 bits per heavy atom. The minimum absolute atomic E-state index is 0.127. The van der Waals surface area contributed by atoms with Gasteiger partial charge >= 0.3 is 0 Å². The maximum Gasteiger partial charge on any atom is 0.268 e. The van der Waals surface area contributed by atoms with Crippen LogP contribution >= 0.6 is 15.9 Å². The quantitative estimate of drug-likeness (QED) is 0.724. The van der Waals surface area contributed by atoms with Crippen LogP contribution in [0.5, 0.6) is 5.75 Å². The molecule has 116 valence electrons. The summed E-state index contributed by atoms with van der Waals surface area (Å²) in [5, 5.41) is 0. The summed E-state index contributed by atoms with van der Waals surface area (Å²) in [7, 11) is 0. The Balaban J connectivity index is 2.45. The van der Waals surface area contributed by atoms with Gasteiger partial charge in [-0.2, -0.15) is 0 Å². The molecule has 4 heteroatoms. The van der Waals surface area contributed by atoms with Gasteiger partial charge in [0, 0.05) is 4.47 Å². The Labute approximate surface area is 138 Å². The van der Waals surface area contributed by atoms with Gasteiger partial charge in [0.05, 0.1) is 11.7 Å². The van der Waals surface area contributed by atoms with Gasteiger partial charge in [0.15, 0.2) is 5.75 Å². The van der Waals surface area contributed by atoms with E-state index in [1.807, 2.05) is 51.1 Å². The topological polar surface area (TPSA) is 43.4 Å². The van der Waals surface area contributed by atoms with Crippen LogP contribution in [0, 0.1) is 0 Å². The average Bonchev–Trinajstić information content (AvgIpc) is 2.48. The lowest BCUT2D eigenvalue weighted by Crippen LogP contribution is -2.37. The first kappa shape index (κ1) is 16.7. The van der Waals surface area contributed by atoms with Crippen LogP contribution < -0.4 is 15.6 Å². The third-order valence-corrected chi connectivity index (χ3v) is 3.80. The zero-order valence-electron chi connectivity index (χ0n) is 13.0. The fourth-order valence-electron chi connectivity index (χ4n) is 2.31. The summed E-state index contributed by atoms with van der Waals surface area (Å²) in [6.45, 7) is 5.74. The molecule has 0 aliphatic carbocycles. The Bertz CT molecular complexity index is 748. The average molecular weight is 363 g/mol. The van der Waals surface area contributed by atoms with E-state index in [2.05, 4.69) is 15.9 Å². The van der Waals surface area contributed by atoms with Crippen molar-refractivity contribution in [2.24, 2.45) is 0 Å². The van der Waals surface area contributed by atoms with Crippen molar-refractivity contribution in [1.82, 2.24) is 0 Å². The fourth-order valence-corrected chi connectivity index (χ4v) is 2.57.